The predicted octanol–water partition coefficient (Wildman–Crippen LogP) is 2.63. The molecule has 0 saturated heterocycles. The molecule has 2 heteroatoms. The van der Waals surface area contributed by atoms with E-state index in [1.807, 2.05) is 0 Å². The van der Waals surface area contributed by atoms with Crippen molar-refractivity contribution in [2.24, 2.45) is 10.4 Å². The zero-order valence-electron chi connectivity index (χ0n) is 8.77. The second kappa shape index (κ2) is 2.75. The summed E-state index contributed by atoms with van der Waals surface area (Å²) in [5.41, 5.74) is 0.278. The maximum absolute atomic E-state index is 5.49. The lowest BCUT2D eigenvalue weighted by atomic mass is 9.92. The van der Waals surface area contributed by atoms with Gasteiger partial charge in [0.05, 0.1) is 5.54 Å². The van der Waals surface area contributed by atoms with Crippen molar-refractivity contribution in [1.82, 2.24) is 0 Å². The van der Waals surface area contributed by atoms with Crippen molar-refractivity contribution in [3.8, 4) is 0 Å². The monoisotopic (exact) mass is 169 g/mol. The number of ether oxygens (including phenoxy) is 1. The van der Waals surface area contributed by atoms with E-state index >= 15 is 0 Å². The predicted molar refractivity (Wildman–Crippen MR) is 51.5 cm³/mol. The van der Waals surface area contributed by atoms with Gasteiger partial charge in [0, 0.05) is 6.42 Å². The van der Waals surface area contributed by atoms with E-state index in [4.69, 9.17) is 4.74 Å². The Morgan fingerprint density at radius 2 is 2.00 bits per heavy atom. The maximum atomic E-state index is 5.49. The highest BCUT2D eigenvalue weighted by Gasteiger charge is 2.28. The van der Waals surface area contributed by atoms with Gasteiger partial charge in [-0.1, -0.05) is 20.8 Å². The highest BCUT2D eigenvalue weighted by Crippen LogP contribution is 2.25. The van der Waals surface area contributed by atoms with Crippen molar-refractivity contribution < 1.29 is 4.74 Å². The molecule has 0 spiro atoms. The molecule has 0 aliphatic carbocycles. The van der Waals surface area contributed by atoms with Gasteiger partial charge in [0.1, 0.15) is 6.61 Å². The molecule has 0 atom stereocenters. The molecule has 0 N–H and O–H groups in total. The third-order valence-corrected chi connectivity index (χ3v) is 1.70. The third-order valence-electron chi connectivity index (χ3n) is 1.70. The summed E-state index contributed by atoms with van der Waals surface area (Å²) in [5, 5.41) is 0. The molecule has 0 saturated carbocycles. The summed E-state index contributed by atoms with van der Waals surface area (Å²) in [6.07, 6.45) is 0.941. The van der Waals surface area contributed by atoms with Gasteiger partial charge in [-0.3, -0.25) is 0 Å². The standard InChI is InChI=1S/C10H19NO/c1-9(2,3)6-8-11-10(4,5)7-12-8/h6-7H2,1-5H3. The van der Waals surface area contributed by atoms with Crippen LogP contribution in [0.15, 0.2) is 4.99 Å². The molecule has 0 aromatic rings. The average molecular weight is 169 g/mol. The number of hydrogen-bond acceptors (Lipinski definition) is 2. The highest BCUT2D eigenvalue weighted by atomic mass is 16.5. The lowest BCUT2D eigenvalue weighted by Gasteiger charge is -2.16. The number of nitrogens with zero attached hydrogens (tertiary/aromatic N) is 1. The van der Waals surface area contributed by atoms with E-state index in [0.29, 0.717) is 0 Å². The van der Waals surface area contributed by atoms with Gasteiger partial charge in [0.2, 0.25) is 0 Å². The quantitative estimate of drug-likeness (QED) is 0.591. The molecule has 1 heterocycles. The van der Waals surface area contributed by atoms with E-state index in [1.165, 1.54) is 0 Å². The van der Waals surface area contributed by atoms with E-state index in [2.05, 4.69) is 39.6 Å². The van der Waals surface area contributed by atoms with Crippen LogP contribution in [0.2, 0.25) is 0 Å². The molecule has 0 amide bonds. The summed E-state index contributed by atoms with van der Waals surface area (Å²) in [6.45, 7) is 11.5. The second-order valence-electron chi connectivity index (χ2n) is 5.34. The molecule has 0 aromatic heterocycles. The van der Waals surface area contributed by atoms with Crippen molar-refractivity contribution in [2.75, 3.05) is 6.61 Å². The van der Waals surface area contributed by atoms with Crippen molar-refractivity contribution in [3.05, 3.63) is 0 Å². The minimum absolute atomic E-state index is 0.000579. The average Bonchev–Trinajstić information content (AvgIpc) is 2.05. The van der Waals surface area contributed by atoms with Crippen molar-refractivity contribution in [1.29, 1.82) is 0 Å². The molecule has 1 aliphatic heterocycles. The van der Waals surface area contributed by atoms with Crippen LogP contribution < -0.4 is 0 Å². The number of hydrogen-bond donors (Lipinski definition) is 0. The van der Waals surface area contributed by atoms with E-state index in [9.17, 15) is 0 Å². The smallest absolute Gasteiger partial charge is 0.184 e. The summed E-state index contributed by atoms with van der Waals surface area (Å²) in [5.74, 6) is 0.924. The molecule has 0 aromatic carbocycles. The molecule has 0 fully saturated rings. The zero-order valence-corrected chi connectivity index (χ0v) is 8.77. The molecule has 1 aliphatic rings. The topological polar surface area (TPSA) is 21.6 Å². The summed E-state index contributed by atoms with van der Waals surface area (Å²) >= 11 is 0. The minimum atomic E-state index is 0.000579. The van der Waals surface area contributed by atoms with Gasteiger partial charge >= 0.3 is 0 Å². The fourth-order valence-electron chi connectivity index (χ4n) is 1.21. The van der Waals surface area contributed by atoms with E-state index in [1.54, 1.807) is 0 Å². The van der Waals surface area contributed by atoms with Crippen LogP contribution in [0.5, 0.6) is 0 Å². The molecule has 0 unspecified atom stereocenters. The van der Waals surface area contributed by atoms with Crippen LogP contribution in [0.25, 0.3) is 0 Å². The van der Waals surface area contributed by atoms with E-state index in [0.717, 1.165) is 18.9 Å². The Balaban J connectivity index is 2.57. The van der Waals surface area contributed by atoms with Crippen LogP contribution in [-0.4, -0.2) is 18.0 Å². The van der Waals surface area contributed by atoms with Crippen LogP contribution in [0, 0.1) is 5.41 Å². The van der Waals surface area contributed by atoms with Gasteiger partial charge in [-0.2, -0.15) is 0 Å². The number of aliphatic imine (C=N–C) groups is 1. The lowest BCUT2D eigenvalue weighted by Crippen LogP contribution is -2.17. The van der Waals surface area contributed by atoms with Gasteiger partial charge in [0.25, 0.3) is 0 Å². The van der Waals surface area contributed by atoms with Gasteiger partial charge in [0.15, 0.2) is 5.90 Å². The largest absolute Gasteiger partial charge is 0.478 e. The molecule has 70 valence electrons. The second-order valence-corrected chi connectivity index (χ2v) is 5.34. The van der Waals surface area contributed by atoms with Crippen LogP contribution in [0.3, 0.4) is 0 Å². The molecule has 2 nitrogen and oxygen atoms in total. The first-order chi connectivity index (χ1) is 5.29. The van der Waals surface area contributed by atoms with Gasteiger partial charge in [-0.05, 0) is 19.3 Å². The highest BCUT2D eigenvalue weighted by molar-refractivity contribution is 5.78. The summed E-state index contributed by atoms with van der Waals surface area (Å²) < 4.78 is 5.49. The van der Waals surface area contributed by atoms with E-state index < -0.39 is 0 Å². The van der Waals surface area contributed by atoms with Gasteiger partial charge in [-0.25, -0.2) is 4.99 Å². The molecule has 1 rings (SSSR count). The fourth-order valence-corrected chi connectivity index (χ4v) is 1.21. The first kappa shape index (κ1) is 9.56. The molecular formula is C10H19NO. The Kier molecular flexibility index (Phi) is 2.19. The first-order valence-corrected chi connectivity index (χ1v) is 4.50. The SMILES string of the molecule is CC(C)(C)CC1=NC(C)(C)CO1. The Hall–Kier alpha value is -0.530. The fraction of sp³-hybridized carbons (Fsp3) is 0.900. The van der Waals surface area contributed by atoms with E-state index in [-0.39, 0.29) is 11.0 Å². The first-order valence-electron chi connectivity index (χ1n) is 4.50. The summed E-state index contributed by atoms with van der Waals surface area (Å²) in [6, 6.07) is 0. The maximum Gasteiger partial charge on any atom is 0.184 e. The van der Waals surface area contributed by atoms with Crippen molar-refractivity contribution in [2.45, 2.75) is 46.6 Å². The summed E-state index contributed by atoms with van der Waals surface area (Å²) in [4.78, 5) is 4.50. The third kappa shape index (κ3) is 2.84. The van der Waals surface area contributed by atoms with Crippen LogP contribution >= 0.6 is 0 Å². The molecule has 12 heavy (non-hydrogen) atoms. The molecule has 0 radical (unpaired) electrons. The Bertz CT molecular complexity index is 198. The van der Waals surface area contributed by atoms with Gasteiger partial charge < -0.3 is 4.74 Å². The minimum Gasteiger partial charge on any atom is -0.478 e. The summed E-state index contributed by atoms with van der Waals surface area (Å²) in [7, 11) is 0. The van der Waals surface area contributed by atoms with Crippen molar-refractivity contribution in [3.63, 3.8) is 0 Å². The van der Waals surface area contributed by atoms with Gasteiger partial charge in [-0.15, -0.1) is 0 Å². The van der Waals surface area contributed by atoms with Crippen LogP contribution in [0.4, 0.5) is 0 Å². The number of rotatable bonds is 1. The normalized spacial score (nSPS) is 21.9. The zero-order chi connectivity index (χ0) is 9.41. The lowest BCUT2D eigenvalue weighted by molar-refractivity contribution is 0.263. The molecular weight excluding hydrogens is 150 g/mol. The Morgan fingerprint density at radius 1 is 1.42 bits per heavy atom. The van der Waals surface area contributed by atoms with Crippen LogP contribution in [-0.2, 0) is 4.74 Å². The Morgan fingerprint density at radius 3 is 2.33 bits per heavy atom. The molecule has 0 bridgehead atoms. The van der Waals surface area contributed by atoms with Crippen molar-refractivity contribution >= 4 is 5.90 Å². The Labute approximate surface area is 75.0 Å². The van der Waals surface area contributed by atoms with Crippen LogP contribution in [0.1, 0.15) is 41.0 Å².